The molecule has 1 aromatic rings. The third-order valence-electron chi connectivity index (χ3n) is 2.44. The first-order valence-electron chi connectivity index (χ1n) is 5.87. The molecule has 1 N–H and O–H groups in total. The van der Waals surface area contributed by atoms with Crippen molar-refractivity contribution in [3.8, 4) is 0 Å². The number of amides is 1. The lowest BCUT2D eigenvalue weighted by Gasteiger charge is -2.21. The minimum absolute atomic E-state index is 0.257. The second kappa shape index (κ2) is 6.51. The first-order chi connectivity index (χ1) is 9.44. The van der Waals surface area contributed by atoms with Crippen LogP contribution in [-0.2, 0) is 9.57 Å². The van der Waals surface area contributed by atoms with Crippen molar-refractivity contribution in [1.29, 1.82) is 0 Å². The van der Waals surface area contributed by atoms with Gasteiger partial charge in [0.25, 0.3) is 0 Å². The van der Waals surface area contributed by atoms with Crippen molar-refractivity contribution in [1.82, 2.24) is 5.48 Å². The van der Waals surface area contributed by atoms with Gasteiger partial charge >= 0.3 is 11.4 Å². The highest BCUT2D eigenvalue weighted by atomic mass is 32.2. The lowest BCUT2D eigenvalue weighted by atomic mass is 10.2. The van der Waals surface area contributed by atoms with Gasteiger partial charge in [-0.15, -0.1) is 0 Å². The van der Waals surface area contributed by atoms with Gasteiger partial charge in [-0.3, -0.25) is 4.79 Å². The third-order valence-corrected chi connectivity index (χ3v) is 3.09. The molecule has 112 valence electrons. The van der Waals surface area contributed by atoms with Gasteiger partial charge in [-0.1, -0.05) is 0 Å². The van der Waals surface area contributed by atoms with Crippen LogP contribution in [0.5, 0.6) is 0 Å². The number of carbonyl (C=O) groups is 1. The van der Waals surface area contributed by atoms with E-state index in [1.807, 2.05) is 0 Å². The van der Waals surface area contributed by atoms with Crippen LogP contribution in [0.3, 0.4) is 0 Å². The van der Waals surface area contributed by atoms with E-state index in [0.717, 1.165) is 25.0 Å². The van der Waals surface area contributed by atoms with Gasteiger partial charge in [-0.2, -0.15) is 13.2 Å². The lowest BCUT2D eigenvalue weighted by molar-refractivity contribution is -0.187. The summed E-state index contributed by atoms with van der Waals surface area (Å²) in [6.07, 6.45) is 1.97. The summed E-state index contributed by atoms with van der Waals surface area (Å²) in [4.78, 5) is 16.6. The first kappa shape index (κ1) is 15.2. The van der Waals surface area contributed by atoms with Crippen LogP contribution in [0.25, 0.3) is 0 Å². The van der Waals surface area contributed by atoms with Crippen LogP contribution in [0.15, 0.2) is 21.6 Å². The summed E-state index contributed by atoms with van der Waals surface area (Å²) in [7, 11) is 0. The quantitative estimate of drug-likeness (QED) is 0.684. The van der Waals surface area contributed by atoms with Gasteiger partial charge in [0.15, 0.2) is 17.1 Å². The first-order valence-corrected chi connectivity index (χ1v) is 6.69. The number of hydrogen-bond acceptors (Lipinski definition) is 5. The molecule has 0 saturated carbocycles. The zero-order chi connectivity index (χ0) is 14.6. The monoisotopic (exact) mass is 311 g/mol. The highest BCUT2D eigenvalue weighted by Crippen LogP contribution is 2.37. The molecule has 1 aliphatic heterocycles. The van der Waals surface area contributed by atoms with E-state index in [4.69, 9.17) is 14.0 Å². The molecule has 20 heavy (non-hydrogen) atoms. The molecule has 1 fully saturated rings. The molecule has 1 atom stereocenters. The average Bonchev–Trinajstić information content (AvgIpc) is 2.83. The minimum Gasteiger partial charge on any atom is -0.444 e. The fraction of sp³-hybridized carbons (Fsp3) is 0.545. The average molecular weight is 311 g/mol. The Balaban J connectivity index is 1.83. The van der Waals surface area contributed by atoms with E-state index in [2.05, 4.69) is 5.48 Å². The molecule has 5 nitrogen and oxygen atoms in total. The minimum atomic E-state index is -4.46. The Morgan fingerprint density at radius 1 is 1.40 bits per heavy atom. The van der Waals surface area contributed by atoms with E-state index < -0.39 is 34.6 Å². The van der Waals surface area contributed by atoms with Crippen molar-refractivity contribution in [3.05, 3.63) is 17.9 Å². The van der Waals surface area contributed by atoms with Crippen LogP contribution in [0.4, 0.5) is 13.2 Å². The fourth-order valence-electron chi connectivity index (χ4n) is 1.58. The van der Waals surface area contributed by atoms with E-state index in [9.17, 15) is 18.0 Å². The molecule has 2 heterocycles. The van der Waals surface area contributed by atoms with E-state index in [1.165, 1.54) is 0 Å². The summed E-state index contributed by atoms with van der Waals surface area (Å²) in [6.45, 7) is 0.549. The Morgan fingerprint density at radius 3 is 2.85 bits per heavy atom. The summed E-state index contributed by atoms with van der Waals surface area (Å²) >= 11 is -0.427. The predicted octanol–water partition coefficient (Wildman–Crippen LogP) is 3.08. The van der Waals surface area contributed by atoms with Crippen molar-refractivity contribution in [2.75, 3.05) is 6.61 Å². The smallest absolute Gasteiger partial charge is 0.444 e. The molecule has 1 amide bonds. The molecule has 0 radical (unpaired) electrons. The van der Waals surface area contributed by atoms with Gasteiger partial charge in [0.2, 0.25) is 0 Å². The Kier molecular flexibility index (Phi) is 4.95. The van der Waals surface area contributed by atoms with E-state index in [0.29, 0.717) is 13.0 Å². The number of furan rings is 1. The largest absolute Gasteiger partial charge is 0.449 e. The number of ether oxygens (including phenoxy) is 1. The third kappa shape index (κ3) is 4.73. The number of alkyl halides is 3. The SMILES string of the molecule is O=C(NOC1CCCCO1)c1ccc(SC(F)(F)F)o1. The van der Waals surface area contributed by atoms with Crippen molar-refractivity contribution < 1.29 is 32.0 Å². The van der Waals surface area contributed by atoms with Gasteiger partial charge < -0.3 is 9.15 Å². The van der Waals surface area contributed by atoms with Crippen LogP contribution >= 0.6 is 11.8 Å². The number of halogens is 3. The molecule has 9 heteroatoms. The van der Waals surface area contributed by atoms with Crippen molar-refractivity contribution in [2.45, 2.75) is 36.2 Å². The molecule has 0 aromatic carbocycles. The van der Waals surface area contributed by atoms with Gasteiger partial charge in [0.1, 0.15) is 0 Å². The Bertz CT molecular complexity index is 457. The normalized spacial score (nSPS) is 19.9. The molecule has 0 aliphatic carbocycles. The van der Waals surface area contributed by atoms with Crippen LogP contribution in [0.1, 0.15) is 29.8 Å². The summed E-state index contributed by atoms with van der Waals surface area (Å²) in [5.74, 6) is -1.01. The maximum absolute atomic E-state index is 12.1. The lowest BCUT2D eigenvalue weighted by Crippen LogP contribution is -2.32. The maximum Gasteiger partial charge on any atom is 0.449 e. The predicted molar refractivity (Wildman–Crippen MR) is 62.8 cm³/mol. The maximum atomic E-state index is 12.1. The van der Waals surface area contributed by atoms with Crippen LogP contribution < -0.4 is 5.48 Å². The van der Waals surface area contributed by atoms with Crippen LogP contribution in [0.2, 0.25) is 0 Å². The van der Waals surface area contributed by atoms with E-state index in [1.54, 1.807) is 0 Å². The van der Waals surface area contributed by atoms with Gasteiger partial charge in [-0.25, -0.2) is 10.3 Å². The molecular formula is C11H12F3NO4S. The van der Waals surface area contributed by atoms with Gasteiger partial charge in [-0.05, 0) is 25.0 Å². The molecule has 0 spiro atoms. The molecular weight excluding hydrogens is 299 g/mol. The summed E-state index contributed by atoms with van der Waals surface area (Å²) in [5, 5.41) is -0.406. The van der Waals surface area contributed by atoms with E-state index in [-0.39, 0.29) is 5.76 Å². The van der Waals surface area contributed by atoms with Crippen molar-refractivity contribution in [2.24, 2.45) is 0 Å². The fourth-order valence-corrected chi connectivity index (χ4v) is 2.08. The molecule has 1 unspecified atom stereocenters. The summed E-state index contributed by atoms with van der Waals surface area (Å²) < 4.78 is 46.3. The standard InChI is InChI=1S/C11H12F3NO4S/c12-11(13,14)20-9-5-4-7(18-9)10(16)15-19-8-3-1-2-6-17-8/h4-5,8H,1-3,6H2,(H,15,16). The number of thioether (sulfide) groups is 1. The molecule has 0 bridgehead atoms. The van der Waals surface area contributed by atoms with Gasteiger partial charge in [0, 0.05) is 24.8 Å². The molecule has 1 aromatic heterocycles. The number of rotatable bonds is 4. The summed E-state index contributed by atoms with van der Waals surface area (Å²) in [5.41, 5.74) is -2.36. The zero-order valence-electron chi connectivity index (χ0n) is 10.2. The number of nitrogens with one attached hydrogen (secondary N) is 1. The number of hydrogen-bond donors (Lipinski definition) is 1. The van der Waals surface area contributed by atoms with Gasteiger partial charge in [0.05, 0.1) is 0 Å². The Labute approximate surface area is 116 Å². The second-order valence-electron chi connectivity index (χ2n) is 4.01. The molecule has 2 rings (SSSR count). The molecule has 1 saturated heterocycles. The second-order valence-corrected chi connectivity index (χ2v) is 5.08. The Morgan fingerprint density at radius 2 is 2.20 bits per heavy atom. The van der Waals surface area contributed by atoms with Crippen molar-refractivity contribution >= 4 is 17.7 Å². The molecule has 1 aliphatic rings. The summed E-state index contributed by atoms with van der Waals surface area (Å²) in [6, 6.07) is 2.22. The van der Waals surface area contributed by atoms with Crippen LogP contribution in [-0.4, -0.2) is 24.3 Å². The Hall–Kier alpha value is -1.19. The highest BCUT2D eigenvalue weighted by Gasteiger charge is 2.31. The number of hydroxylamine groups is 1. The number of carbonyl (C=O) groups excluding carboxylic acids is 1. The van der Waals surface area contributed by atoms with E-state index >= 15 is 0 Å². The highest BCUT2D eigenvalue weighted by molar-refractivity contribution is 8.00. The zero-order valence-corrected chi connectivity index (χ0v) is 11.1. The van der Waals surface area contributed by atoms with Crippen molar-refractivity contribution in [3.63, 3.8) is 0 Å². The topological polar surface area (TPSA) is 60.7 Å². The van der Waals surface area contributed by atoms with Crippen LogP contribution in [0, 0.1) is 0 Å².